The Morgan fingerprint density at radius 3 is 2.71 bits per heavy atom. The third-order valence-corrected chi connectivity index (χ3v) is 2.31. The monoisotopic (exact) mass is 310 g/mol. The molecule has 2 atom stereocenters. The molecule has 4 heteroatoms. The van der Waals surface area contributed by atoms with E-state index in [0.29, 0.717) is 12.7 Å². The number of aliphatic hydroxyl groups excluding tert-OH is 1. The number of hydrogen-bond acceptors (Lipinski definition) is 3. The van der Waals surface area contributed by atoms with Gasteiger partial charge in [0.05, 0.1) is 13.2 Å². The number of carbonyl (C=O) groups excluding carboxylic acids is 1. The Balaban J connectivity index is 4.11. The Morgan fingerprint density at radius 1 is 1.64 bits per heavy atom. The van der Waals surface area contributed by atoms with Gasteiger partial charge in [-0.3, -0.25) is 4.79 Å². The summed E-state index contributed by atoms with van der Waals surface area (Å²) in [6.45, 7) is 1.92. The maximum Gasteiger partial charge on any atom is 0.184 e. The van der Waals surface area contributed by atoms with Crippen LogP contribution in [0.2, 0.25) is 0 Å². The summed E-state index contributed by atoms with van der Waals surface area (Å²) in [4.78, 5) is 10.4. The average molecular weight is 310 g/mol. The molecule has 80 valence electrons. The third-order valence-electron chi connectivity index (χ3n) is 1.90. The summed E-state index contributed by atoms with van der Waals surface area (Å²) in [6, 6.07) is 0. The van der Waals surface area contributed by atoms with Gasteiger partial charge in [0.25, 0.3) is 0 Å². The van der Waals surface area contributed by atoms with Gasteiger partial charge in [-0.25, -0.2) is 0 Å². The molecule has 0 amide bonds. The van der Waals surface area contributed by atoms with E-state index < -0.39 is 6.10 Å². The summed E-state index contributed by atoms with van der Waals surface area (Å²) >= 11 is 2.10. The number of rotatable bonds is 6. The molecule has 0 heterocycles. The number of carbonyl (C=O) groups is 1. The van der Waals surface area contributed by atoms with Crippen LogP contribution in [-0.4, -0.2) is 24.6 Å². The molecule has 3 nitrogen and oxygen atoms in total. The Kier molecular flexibility index (Phi) is 7.78. The predicted octanol–water partition coefficient (Wildman–Crippen LogP) is 2.05. The molecule has 0 aliphatic rings. The maximum absolute atomic E-state index is 10.4. The molecule has 14 heavy (non-hydrogen) atoms. The highest BCUT2D eigenvalue weighted by Crippen LogP contribution is 2.11. The molecule has 0 rings (SSSR count). The lowest BCUT2D eigenvalue weighted by Gasteiger charge is -2.12. The summed E-state index contributed by atoms with van der Waals surface area (Å²) in [5, 5.41) is 9.62. The summed E-state index contributed by atoms with van der Waals surface area (Å²) < 4.78 is 6.62. The normalized spacial score (nSPS) is 16.7. The molecule has 0 aliphatic carbocycles. The van der Waals surface area contributed by atoms with E-state index in [1.165, 1.54) is 7.11 Å². The van der Waals surface area contributed by atoms with Crippen molar-refractivity contribution in [2.24, 2.45) is 5.92 Å². The molecular weight excluding hydrogens is 295 g/mol. The molecule has 0 bridgehead atoms. The first-order chi connectivity index (χ1) is 6.65. The van der Waals surface area contributed by atoms with Crippen LogP contribution in [0.1, 0.15) is 13.3 Å². The summed E-state index contributed by atoms with van der Waals surface area (Å²) in [7, 11) is 1.43. The second kappa shape index (κ2) is 7.99. The summed E-state index contributed by atoms with van der Waals surface area (Å²) in [5.74, 6) is 0.336. The standard InChI is InChI=1S/C10H15IO3/c1-8(5-6-11)10(13)4-3-9(7-12)14-2/h3,5-8,10,13H,4H2,1-2H3/b6-5-,9-3+/t8-,10-/m0/s1. The SMILES string of the molecule is CO/C(C=O)=C/C[C@H](O)[C@@H](C)/C=C\I. The van der Waals surface area contributed by atoms with Crippen molar-refractivity contribution in [2.75, 3.05) is 7.11 Å². The molecule has 0 radical (unpaired) electrons. The van der Waals surface area contributed by atoms with Gasteiger partial charge >= 0.3 is 0 Å². The van der Waals surface area contributed by atoms with Crippen LogP contribution in [0.5, 0.6) is 0 Å². The van der Waals surface area contributed by atoms with Crippen LogP contribution < -0.4 is 0 Å². The first-order valence-corrected chi connectivity index (χ1v) is 5.54. The Bertz CT molecular complexity index is 223. The Morgan fingerprint density at radius 2 is 2.29 bits per heavy atom. The van der Waals surface area contributed by atoms with Gasteiger partial charge in [0, 0.05) is 5.92 Å². The number of aliphatic hydroxyl groups is 1. The molecular formula is C10H15IO3. The number of hydrogen-bond donors (Lipinski definition) is 1. The molecule has 0 spiro atoms. The van der Waals surface area contributed by atoms with Gasteiger partial charge in [-0.05, 0) is 16.6 Å². The number of halogens is 1. The lowest BCUT2D eigenvalue weighted by atomic mass is 10.0. The lowest BCUT2D eigenvalue weighted by Crippen LogP contribution is -2.14. The molecule has 0 fully saturated rings. The Hall–Kier alpha value is -0.360. The number of allylic oxidation sites excluding steroid dienone is 1. The second-order valence-corrected chi connectivity index (χ2v) is 3.63. The number of aldehydes is 1. The second-order valence-electron chi connectivity index (χ2n) is 2.91. The Labute approximate surface area is 98.0 Å². The molecule has 1 N–H and O–H groups in total. The predicted molar refractivity (Wildman–Crippen MR) is 64.1 cm³/mol. The zero-order chi connectivity index (χ0) is 11.0. The fourth-order valence-electron chi connectivity index (χ4n) is 0.874. The van der Waals surface area contributed by atoms with Gasteiger partial charge in [0.2, 0.25) is 0 Å². The van der Waals surface area contributed by atoms with Crippen molar-refractivity contribution in [1.29, 1.82) is 0 Å². The molecule has 0 aromatic rings. The van der Waals surface area contributed by atoms with E-state index in [1.54, 1.807) is 6.08 Å². The van der Waals surface area contributed by atoms with Crippen LogP contribution in [0.25, 0.3) is 0 Å². The first kappa shape index (κ1) is 13.6. The van der Waals surface area contributed by atoms with Crippen molar-refractivity contribution in [1.82, 2.24) is 0 Å². The third kappa shape index (κ3) is 5.39. The fraction of sp³-hybridized carbons (Fsp3) is 0.500. The van der Waals surface area contributed by atoms with Gasteiger partial charge in [0.1, 0.15) is 0 Å². The van der Waals surface area contributed by atoms with Crippen LogP contribution in [0.4, 0.5) is 0 Å². The zero-order valence-corrected chi connectivity index (χ0v) is 10.5. The van der Waals surface area contributed by atoms with Gasteiger partial charge in [-0.15, -0.1) is 0 Å². The van der Waals surface area contributed by atoms with Gasteiger partial charge in [-0.1, -0.05) is 35.6 Å². The van der Waals surface area contributed by atoms with Crippen molar-refractivity contribution in [3.05, 3.63) is 22.0 Å². The lowest BCUT2D eigenvalue weighted by molar-refractivity contribution is -0.107. The highest BCUT2D eigenvalue weighted by Gasteiger charge is 2.09. The quantitative estimate of drug-likeness (QED) is 0.353. The van der Waals surface area contributed by atoms with E-state index in [1.807, 2.05) is 17.1 Å². The van der Waals surface area contributed by atoms with E-state index in [-0.39, 0.29) is 11.7 Å². The van der Waals surface area contributed by atoms with Crippen LogP contribution >= 0.6 is 22.6 Å². The van der Waals surface area contributed by atoms with Gasteiger partial charge in [0.15, 0.2) is 12.0 Å². The van der Waals surface area contributed by atoms with Crippen LogP contribution in [-0.2, 0) is 9.53 Å². The molecule has 0 aliphatic heterocycles. The van der Waals surface area contributed by atoms with Gasteiger partial charge in [-0.2, -0.15) is 0 Å². The van der Waals surface area contributed by atoms with E-state index >= 15 is 0 Å². The number of methoxy groups -OCH3 is 1. The molecule has 0 aromatic carbocycles. The minimum atomic E-state index is -0.480. The van der Waals surface area contributed by atoms with Crippen molar-refractivity contribution in [3.63, 3.8) is 0 Å². The van der Waals surface area contributed by atoms with Crippen LogP contribution in [0, 0.1) is 5.92 Å². The highest BCUT2D eigenvalue weighted by atomic mass is 127. The van der Waals surface area contributed by atoms with Crippen molar-refractivity contribution in [2.45, 2.75) is 19.4 Å². The number of ether oxygens (including phenoxy) is 1. The van der Waals surface area contributed by atoms with Crippen molar-refractivity contribution in [3.8, 4) is 0 Å². The minimum Gasteiger partial charge on any atom is -0.494 e. The maximum atomic E-state index is 10.4. The summed E-state index contributed by atoms with van der Waals surface area (Å²) in [5.41, 5.74) is 0. The topological polar surface area (TPSA) is 46.5 Å². The minimum absolute atomic E-state index is 0.0768. The van der Waals surface area contributed by atoms with Crippen LogP contribution in [0.15, 0.2) is 22.0 Å². The van der Waals surface area contributed by atoms with Gasteiger partial charge < -0.3 is 9.84 Å². The average Bonchev–Trinajstić information content (AvgIpc) is 2.19. The van der Waals surface area contributed by atoms with E-state index in [9.17, 15) is 9.90 Å². The molecule has 0 unspecified atom stereocenters. The molecule has 0 aromatic heterocycles. The smallest absolute Gasteiger partial charge is 0.184 e. The molecule has 0 saturated heterocycles. The summed E-state index contributed by atoms with van der Waals surface area (Å²) in [6.07, 6.45) is 4.07. The van der Waals surface area contributed by atoms with E-state index in [2.05, 4.69) is 22.6 Å². The molecule has 0 saturated carbocycles. The van der Waals surface area contributed by atoms with Crippen molar-refractivity contribution >= 4 is 28.9 Å². The van der Waals surface area contributed by atoms with Crippen LogP contribution in [0.3, 0.4) is 0 Å². The largest absolute Gasteiger partial charge is 0.494 e. The van der Waals surface area contributed by atoms with E-state index in [4.69, 9.17) is 4.74 Å². The zero-order valence-electron chi connectivity index (χ0n) is 8.31. The fourth-order valence-corrected chi connectivity index (χ4v) is 1.53. The highest BCUT2D eigenvalue weighted by molar-refractivity contribution is 14.1. The first-order valence-electron chi connectivity index (χ1n) is 4.30. The van der Waals surface area contributed by atoms with E-state index in [0.717, 1.165) is 0 Å². The van der Waals surface area contributed by atoms with Crippen molar-refractivity contribution < 1.29 is 14.6 Å².